The van der Waals surface area contributed by atoms with Gasteiger partial charge in [0.15, 0.2) is 0 Å². The van der Waals surface area contributed by atoms with Crippen molar-refractivity contribution >= 4 is 31.6 Å². The Morgan fingerprint density at radius 1 is 1.29 bits per heavy atom. The van der Waals surface area contributed by atoms with Gasteiger partial charge in [-0.25, -0.2) is 13.1 Å². The molecular weight excluding hydrogens is 352 g/mol. The third kappa shape index (κ3) is 3.99. The Balaban J connectivity index is 2.21. The average molecular weight is 375 g/mol. The molecule has 1 aliphatic rings. The van der Waals surface area contributed by atoms with Gasteiger partial charge in [-0.3, -0.25) is 0 Å². The SMILES string of the molecule is CC(C)C1CCCCC1NS(=O)(=O)c1ccc(N)c(Br)c1. The Kier molecular flexibility index (Phi) is 5.33. The average Bonchev–Trinajstić information content (AvgIpc) is 2.41. The summed E-state index contributed by atoms with van der Waals surface area (Å²) in [6.07, 6.45) is 4.28. The van der Waals surface area contributed by atoms with Crippen LogP contribution in [0.15, 0.2) is 27.6 Å². The quantitative estimate of drug-likeness (QED) is 0.791. The van der Waals surface area contributed by atoms with Crippen LogP contribution in [0.3, 0.4) is 0 Å². The highest BCUT2D eigenvalue weighted by Gasteiger charge is 2.31. The summed E-state index contributed by atoms with van der Waals surface area (Å²) in [7, 11) is -3.50. The summed E-state index contributed by atoms with van der Waals surface area (Å²) in [5, 5.41) is 0. The number of rotatable bonds is 4. The van der Waals surface area contributed by atoms with E-state index in [1.807, 2.05) is 0 Å². The van der Waals surface area contributed by atoms with E-state index in [1.165, 1.54) is 6.42 Å². The predicted molar refractivity (Wildman–Crippen MR) is 89.5 cm³/mol. The van der Waals surface area contributed by atoms with Crippen molar-refractivity contribution in [3.8, 4) is 0 Å². The minimum absolute atomic E-state index is 0.0279. The molecule has 0 aromatic heterocycles. The van der Waals surface area contributed by atoms with Crippen LogP contribution < -0.4 is 10.5 Å². The van der Waals surface area contributed by atoms with E-state index in [1.54, 1.807) is 18.2 Å². The molecule has 1 aliphatic carbocycles. The fourth-order valence-electron chi connectivity index (χ4n) is 3.05. The van der Waals surface area contributed by atoms with Crippen LogP contribution in [-0.2, 0) is 10.0 Å². The first-order chi connectivity index (χ1) is 9.81. The Morgan fingerprint density at radius 3 is 2.57 bits per heavy atom. The van der Waals surface area contributed by atoms with Crippen LogP contribution in [-0.4, -0.2) is 14.5 Å². The molecule has 0 aliphatic heterocycles. The van der Waals surface area contributed by atoms with E-state index in [0.29, 0.717) is 22.0 Å². The summed E-state index contributed by atoms with van der Waals surface area (Å²) < 4.78 is 28.6. The van der Waals surface area contributed by atoms with Crippen LogP contribution in [0.25, 0.3) is 0 Å². The van der Waals surface area contributed by atoms with Crippen molar-refractivity contribution in [2.45, 2.75) is 50.5 Å². The van der Waals surface area contributed by atoms with Crippen LogP contribution in [0.2, 0.25) is 0 Å². The van der Waals surface area contributed by atoms with Crippen molar-refractivity contribution in [3.63, 3.8) is 0 Å². The highest BCUT2D eigenvalue weighted by molar-refractivity contribution is 9.10. The van der Waals surface area contributed by atoms with Crippen LogP contribution in [0.5, 0.6) is 0 Å². The maximum Gasteiger partial charge on any atom is 0.240 e. The van der Waals surface area contributed by atoms with Gasteiger partial charge in [0.05, 0.1) is 4.90 Å². The van der Waals surface area contributed by atoms with Gasteiger partial charge in [0.1, 0.15) is 0 Å². The predicted octanol–water partition coefficient (Wildman–Crippen LogP) is 3.52. The molecule has 2 atom stereocenters. The van der Waals surface area contributed by atoms with E-state index in [0.717, 1.165) is 19.3 Å². The van der Waals surface area contributed by atoms with Gasteiger partial charge < -0.3 is 5.73 Å². The fraction of sp³-hybridized carbons (Fsp3) is 0.600. The second kappa shape index (κ2) is 6.67. The smallest absolute Gasteiger partial charge is 0.240 e. The molecule has 3 N–H and O–H groups in total. The van der Waals surface area contributed by atoms with E-state index in [2.05, 4.69) is 34.5 Å². The first-order valence-corrected chi connectivity index (χ1v) is 9.66. The topological polar surface area (TPSA) is 72.2 Å². The zero-order chi connectivity index (χ0) is 15.6. The van der Waals surface area contributed by atoms with Crippen molar-refractivity contribution in [1.29, 1.82) is 0 Å². The standard InChI is InChI=1S/C15H23BrN2O2S/c1-10(2)12-5-3-4-6-15(12)18-21(19,20)11-7-8-14(17)13(16)9-11/h7-10,12,15,18H,3-6,17H2,1-2H3. The van der Waals surface area contributed by atoms with Crippen LogP contribution in [0.1, 0.15) is 39.5 Å². The van der Waals surface area contributed by atoms with Gasteiger partial charge in [-0.15, -0.1) is 0 Å². The zero-order valence-corrected chi connectivity index (χ0v) is 14.9. The molecule has 6 heteroatoms. The van der Waals surface area contributed by atoms with Crippen LogP contribution >= 0.6 is 15.9 Å². The van der Waals surface area contributed by atoms with Gasteiger partial charge in [-0.2, -0.15) is 0 Å². The number of nitrogens with one attached hydrogen (secondary N) is 1. The summed E-state index contributed by atoms with van der Waals surface area (Å²) in [6.45, 7) is 4.33. The van der Waals surface area contributed by atoms with Gasteiger partial charge in [0.2, 0.25) is 10.0 Å². The maximum atomic E-state index is 12.6. The Morgan fingerprint density at radius 2 is 1.95 bits per heavy atom. The molecule has 0 spiro atoms. The molecular formula is C15H23BrN2O2S. The minimum atomic E-state index is -3.50. The molecule has 118 valence electrons. The third-order valence-corrected chi connectivity index (χ3v) is 6.44. The van der Waals surface area contributed by atoms with E-state index >= 15 is 0 Å². The fourth-order valence-corrected chi connectivity index (χ4v) is 4.92. The summed E-state index contributed by atoms with van der Waals surface area (Å²) in [5.41, 5.74) is 6.25. The molecule has 21 heavy (non-hydrogen) atoms. The van der Waals surface area contributed by atoms with E-state index < -0.39 is 10.0 Å². The molecule has 2 unspecified atom stereocenters. The maximum absolute atomic E-state index is 12.6. The number of sulfonamides is 1. The van der Waals surface area contributed by atoms with Gasteiger partial charge >= 0.3 is 0 Å². The van der Waals surface area contributed by atoms with Crippen molar-refractivity contribution in [2.75, 3.05) is 5.73 Å². The Labute approximate surface area is 135 Å². The minimum Gasteiger partial charge on any atom is -0.398 e. The summed E-state index contributed by atoms with van der Waals surface area (Å²) >= 11 is 3.28. The first-order valence-electron chi connectivity index (χ1n) is 7.38. The molecule has 2 rings (SSSR count). The third-order valence-electron chi connectivity index (χ3n) is 4.26. The van der Waals surface area contributed by atoms with Gasteiger partial charge in [-0.1, -0.05) is 26.7 Å². The van der Waals surface area contributed by atoms with Crippen LogP contribution in [0.4, 0.5) is 5.69 Å². The van der Waals surface area contributed by atoms with E-state index in [9.17, 15) is 8.42 Å². The second-order valence-corrected chi connectivity index (χ2v) is 8.67. The normalized spacial score (nSPS) is 23.4. The first kappa shape index (κ1) is 16.8. The van der Waals surface area contributed by atoms with Crippen LogP contribution in [0, 0.1) is 11.8 Å². The van der Waals surface area contributed by atoms with Crippen molar-refractivity contribution in [3.05, 3.63) is 22.7 Å². The Hall–Kier alpha value is -0.590. The number of anilines is 1. The van der Waals surface area contributed by atoms with Gasteiger partial charge in [-0.05, 0) is 58.8 Å². The lowest BCUT2D eigenvalue weighted by Crippen LogP contribution is -2.43. The van der Waals surface area contributed by atoms with E-state index in [-0.39, 0.29) is 10.9 Å². The zero-order valence-electron chi connectivity index (χ0n) is 12.5. The van der Waals surface area contributed by atoms with Crippen molar-refractivity contribution in [2.24, 2.45) is 11.8 Å². The molecule has 1 fully saturated rings. The lowest BCUT2D eigenvalue weighted by atomic mass is 9.78. The Bertz CT molecular complexity index is 602. The molecule has 0 radical (unpaired) electrons. The van der Waals surface area contributed by atoms with E-state index in [4.69, 9.17) is 5.73 Å². The van der Waals surface area contributed by atoms with Gasteiger partial charge in [0, 0.05) is 16.2 Å². The molecule has 0 saturated heterocycles. The number of halogens is 1. The highest BCUT2D eigenvalue weighted by atomic mass is 79.9. The second-order valence-electron chi connectivity index (χ2n) is 6.10. The van der Waals surface area contributed by atoms with Gasteiger partial charge in [0.25, 0.3) is 0 Å². The molecule has 1 aromatic rings. The number of nitrogens with two attached hydrogens (primary N) is 1. The summed E-state index contributed by atoms with van der Waals surface area (Å²) in [4.78, 5) is 0.261. The number of benzene rings is 1. The monoisotopic (exact) mass is 374 g/mol. The summed E-state index contributed by atoms with van der Waals surface area (Å²) in [5.74, 6) is 0.891. The van der Waals surface area contributed by atoms with Crippen molar-refractivity contribution in [1.82, 2.24) is 4.72 Å². The number of hydrogen-bond donors (Lipinski definition) is 2. The number of hydrogen-bond acceptors (Lipinski definition) is 3. The lowest BCUT2D eigenvalue weighted by Gasteiger charge is -2.34. The lowest BCUT2D eigenvalue weighted by molar-refractivity contribution is 0.226. The molecule has 1 aromatic carbocycles. The molecule has 0 amide bonds. The number of nitrogen functional groups attached to an aromatic ring is 1. The highest BCUT2D eigenvalue weighted by Crippen LogP contribution is 2.31. The summed E-state index contributed by atoms with van der Waals surface area (Å²) in [6, 6.07) is 4.75. The molecule has 1 saturated carbocycles. The molecule has 0 bridgehead atoms. The molecule has 0 heterocycles. The largest absolute Gasteiger partial charge is 0.398 e. The van der Waals surface area contributed by atoms with Crippen molar-refractivity contribution < 1.29 is 8.42 Å². The molecule has 4 nitrogen and oxygen atoms in total.